The molecule has 6 heteroatoms. The van der Waals surface area contributed by atoms with Crippen molar-refractivity contribution in [2.45, 2.75) is 58.5 Å². The van der Waals surface area contributed by atoms with E-state index in [0.29, 0.717) is 43.0 Å². The number of rotatable bonds is 8. The van der Waals surface area contributed by atoms with Gasteiger partial charge in [0.05, 0.1) is 12.7 Å². The summed E-state index contributed by atoms with van der Waals surface area (Å²) in [6, 6.07) is 6.85. The smallest absolute Gasteiger partial charge is 0.319 e. The molecule has 0 spiro atoms. The SMILES string of the molecule is CCCC(=O)Nc1cccc(NC(=O)NCCOC2CCCCC2C)c1. The summed E-state index contributed by atoms with van der Waals surface area (Å²) in [6.45, 7) is 5.19. The van der Waals surface area contributed by atoms with Crippen LogP contribution in [0.1, 0.15) is 52.4 Å². The molecule has 1 saturated carbocycles. The molecule has 0 saturated heterocycles. The minimum Gasteiger partial charge on any atom is -0.376 e. The third-order valence-corrected chi connectivity index (χ3v) is 4.63. The van der Waals surface area contributed by atoms with Crippen LogP contribution in [-0.2, 0) is 9.53 Å². The van der Waals surface area contributed by atoms with Crippen molar-refractivity contribution in [3.05, 3.63) is 24.3 Å². The molecule has 1 aromatic carbocycles. The standard InChI is InChI=1S/C20H31N3O3/c1-3-7-19(24)22-16-9-6-10-17(14-16)23-20(25)21-12-13-26-18-11-5-4-8-15(18)2/h6,9-10,14-15,18H,3-5,7-8,11-13H2,1-2H3,(H,22,24)(H2,21,23,25). The van der Waals surface area contributed by atoms with Crippen molar-refractivity contribution in [2.75, 3.05) is 23.8 Å². The second kappa shape index (κ2) is 10.8. The Labute approximate surface area is 156 Å². The summed E-state index contributed by atoms with van der Waals surface area (Å²) in [5.41, 5.74) is 1.31. The number of ether oxygens (including phenoxy) is 1. The van der Waals surface area contributed by atoms with Gasteiger partial charge in [0.1, 0.15) is 0 Å². The minimum atomic E-state index is -0.276. The molecule has 1 aromatic rings. The number of benzene rings is 1. The molecule has 2 atom stereocenters. The van der Waals surface area contributed by atoms with Gasteiger partial charge < -0.3 is 20.7 Å². The lowest BCUT2D eigenvalue weighted by molar-refractivity contribution is -0.116. The van der Waals surface area contributed by atoms with Crippen LogP contribution in [0.3, 0.4) is 0 Å². The molecular weight excluding hydrogens is 330 g/mol. The number of urea groups is 1. The molecule has 1 aliphatic carbocycles. The zero-order chi connectivity index (χ0) is 18.8. The second-order valence-electron chi connectivity index (χ2n) is 6.93. The lowest BCUT2D eigenvalue weighted by atomic mass is 9.88. The average molecular weight is 361 g/mol. The van der Waals surface area contributed by atoms with Crippen molar-refractivity contribution in [3.63, 3.8) is 0 Å². The quantitative estimate of drug-likeness (QED) is 0.609. The lowest BCUT2D eigenvalue weighted by Crippen LogP contribution is -2.34. The van der Waals surface area contributed by atoms with Crippen LogP contribution in [0, 0.1) is 5.92 Å². The molecular formula is C20H31N3O3. The van der Waals surface area contributed by atoms with Gasteiger partial charge in [-0.05, 0) is 43.4 Å². The zero-order valence-corrected chi connectivity index (χ0v) is 15.8. The highest BCUT2D eigenvalue weighted by molar-refractivity contribution is 5.93. The highest BCUT2D eigenvalue weighted by atomic mass is 16.5. The third-order valence-electron chi connectivity index (χ3n) is 4.63. The summed E-state index contributed by atoms with van der Waals surface area (Å²) in [5.74, 6) is 0.575. The first-order valence-electron chi connectivity index (χ1n) is 9.65. The molecule has 0 radical (unpaired) electrons. The van der Waals surface area contributed by atoms with Crippen molar-refractivity contribution in [1.82, 2.24) is 5.32 Å². The molecule has 0 bridgehead atoms. The van der Waals surface area contributed by atoms with E-state index in [4.69, 9.17) is 4.74 Å². The molecule has 0 aliphatic heterocycles. The number of carbonyl (C=O) groups excluding carboxylic acids is 2. The Kier molecular flexibility index (Phi) is 8.41. The fourth-order valence-electron chi connectivity index (χ4n) is 3.21. The molecule has 26 heavy (non-hydrogen) atoms. The molecule has 0 heterocycles. The Morgan fingerprint density at radius 1 is 1.15 bits per heavy atom. The van der Waals surface area contributed by atoms with Crippen LogP contribution in [0.5, 0.6) is 0 Å². The highest BCUT2D eigenvalue weighted by Gasteiger charge is 2.21. The molecule has 1 aliphatic rings. The van der Waals surface area contributed by atoms with E-state index in [0.717, 1.165) is 12.8 Å². The van der Waals surface area contributed by atoms with Gasteiger partial charge in [0.2, 0.25) is 5.91 Å². The Morgan fingerprint density at radius 2 is 1.88 bits per heavy atom. The molecule has 6 nitrogen and oxygen atoms in total. The first-order valence-corrected chi connectivity index (χ1v) is 9.65. The predicted molar refractivity (Wildman–Crippen MR) is 104 cm³/mol. The van der Waals surface area contributed by atoms with Gasteiger partial charge in [-0.1, -0.05) is 32.8 Å². The molecule has 2 rings (SSSR count). The number of carbonyl (C=O) groups is 2. The largest absolute Gasteiger partial charge is 0.376 e. The van der Waals surface area contributed by atoms with E-state index < -0.39 is 0 Å². The van der Waals surface area contributed by atoms with Crippen molar-refractivity contribution >= 4 is 23.3 Å². The van der Waals surface area contributed by atoms with Crippen LogP contribution >= 0.6 is 0 Å². The van der Waals surface area contributed by atoms with Gasteiger partial charge in [-0.2, -0.15) is 0 Å². The lowest BCUT2D eigenvalue weighted by Gasteiger charge is -2.28. The Balaban J connectivity index is 1.69. The van der Waals surface area contributed by atoms with E-state index in [2.05, 4.69) is 22.9 Å². The molecule has 144 valence electrons. The summed E-state index contributed by atoms with van der Waals surface area (Å²) in [4.78, 5) is 23.6. The molecule has 1 fully saturated rings. The van der Waals surface area contributed by atoms with Gasteiger partial charge in [-0.25, -0.2) is 4.79 Å². The van der Waals surface area contributed by atoms with E-state index >= 15 is 0 Å². The van der Waals surface area contributed by atoms with E-state index in [1.165, 1.54) is 19.3 Å². The number of anilines is 2. The van der Waals surface area contributed by atoms with Gasteiger partial charge in [0.25, 0.3) is 0 Å². The van der Waals surface area contributed by atoms with Crippen LogP contribution in [0.15, 0.2) is 24.3 Å². The maximum atomic E-state index is 12.0. The molecule has 0 aromatic heterocycles. The van der Waals surface area contributed by atoms with Gasteiger partial charge in [-0.15, -0.1) is 0 Å². The van der Waals surface area contributed by atoms with Crippen molar-refractivity contribution in [1.29, 1.82) is 0 Å². The normalized spacial score (nSPS) is 19.6. The zero-order valence-electron chi connectivity index (χ0n) is 15.8. The van der Waals surface area contributed by atoms with Gasteiger partial charge in [-0.3, -0.25) is 4.79 Å². The van der Waals surface area contributed by atoms with Crippen molar-refractivity contribution in [2.24, 2.45) is 5.92 Å². The highest BCUT2D eigenvalue weighted by Crippen LogP contribution is 2.26. The van der Waals surface area contributed by atoms with Crippen LogP contribution < -0.4 is 16.0 Å². The first-order chi connectivity index (χ1) is 12.6. The predicted octanol–water partition coefficient (Wildman–Crippen LogP) is 4.14. The first kappa shape index (κ1) is 20.2. The fourth-order valence-corrected chi connectivity index (χ4v) is 3.21. The Hall–Kier alpha value is -2.08. The van der Waals surface area contributed by atoms with Crippen LogP contribution in [0.25, 0.3) is 0 Å². The fraction of sp³-hybridized carbons (Fsp3) is 0.600. The van der Waals surface area contributed by atoms with Gasteiger partial charge >= 0.3 is 6.03 Å². The Bertz CT molecular complexity index is 591. The van der Waals surface area contributed by atoms with Crippen LogP contribution in [-0.4, -0.2) is 31.2 Å². The summed E-state index contributed by atoms with van der Waals surface area (Å²) in [6.07, 6.45) is 6.46. The minimum absolute atomic E-state index is 0.0248. The number of hydrogen-bond acceptors (Lipinski definition) is 3. The summed E-state index contributed by atoms with van der Waals surface area (Å²) >= 11 is 0. The van der Waals surface area contributed by atoms with E-state index in [1.54, 1.807) is 24.3 Å². The van der Waals surface area contributed by atoms with Crippen molar-refractivity contribution < 1.29 is 14.3 Å². The average Bonchev–Trinajstić information content (AvgIpc) is 2.60. The topological polar surface area (TPSA) is 79.5 Å². The molecule has 3 N–H and O–H groups in total. The Morgan fingerprint density at radius 3 is 2.62 bits per heavy atom. The van der Waals surface area contributed by atoms with Crippen LogP contribution in [0.4, 0.5) is 16.2 Å². The second-order valence-corrected chi connectivity index (χ2v) is 6.93. The van der Waals surface area contributed by atoms with Crippen molar-refractivity contribution in [3.8, 4) is 0 Å². The van der Waals surface area contributed by atoms with E-state index in [-0.39, 0.29) is 11.9 Å². The van der Waals surface area contributed by atoms with Gasteiger partial charge in [0, 0.05) is 24.3 Å². The molecule has 2 unspecified atom stereocenters. The van der Waals surface area contributed by atoms with Crippen LogP contribution in [0.2, 0.25) is 0 Å². The third kappa shape index (κ3) is 7.04. The summed E-state index contributed by atoms with van der Waals surface area (Å²) < 4.78 is 5.89. The summed E-state index contributed by atoms with van der Waals surface area (Å²) in [7, 11) is 0. The number of amides is 3. The number of hydrogen-bond donors (Lipinski definition) is 3. The van der Waals surface area contributed by atoms with Gasteiger partial charge in [0.15, 0.2) is 0 Å². The van der Waals surface area contributed by atoms with E-state index in [9.17, 15) is 9.59 Å². The monoisotopic (exact) mass is 361 g/mol. The molecule has 3 amide bonds. The summed E-state index contributed by atoms with van der Waals surface area (Å²) in [5, 5.41) is 8.40. The van der Waals surface area contributed by atoms with E-state index in [1.807, 2.05) is 6.92 Å². The maximum absolute atomic E-state index is 12.0. The number of nitrogens with one attached hydrogen (secondary N) is 3. The maximum Gasteiger partial charge on any atom is 0.319 e.